The molecule has 4 heteroatoms. The molecule has 0 saturated carbocycles. The fourth-order valence-electron chi connectivity index (χ4n) is 1.98. The molecule has 100 valence electrons. The number of nitrogens with two attached hydrogens (primary N) is 1. The Labute approximate surface area is 105 Å². The normalized spacial score (nSPS) is 12.5. The van der Waals surface area contributed by atoms with E-state index in [1.54, 1.807) is 0 Å². The fourth-order valence-corrected chi connectivity index (χ4v) is 1.98. The summed E-state index contributed by atoms with van der Waals surface area (Å²) in [6, 6.07) is 0. The monoisotopic (exact) mass is 241 g/mol. The Kier molecular flexibility index (Phi) is 7.59. The highest BCUT2D eigenvalue weighted by molar-refractivity contribution is 5.94. The van der Waals surface area contributed by atoms with Crippen LogP contribution in [0.25, 0.3) is 0 Å². The van der Waals surface area contributed by atoms with Gasteiger partial charge in [0, 0.05) is 13.0 Å². The second-order valence-corrected chi connectivity index (χ2v) is 4.93. The highest BCUT2D eigenvalue weighted by Crippen LogP contribution is 2.21. The maximum absolute atomic E-state index is 12.1. The standard InChI is InChI=1S/C13H27N3O/c1-5-7-11(10(3)4)9-12(17)16(8-6-2)13(14)15/h10-11H,5-9H2,1-4H3,(H3,14,15). The number of nitrogens with one attached hydrogen (secondary N) is 1. The molecule has 0 fully saturated rings. The Morgan fingerprint density at radius 3 is 2.24 bits per heavy atom. The predicted molar refractivity (Wildman–Crippen MR) is 71.8 cm³/mol. The molecule has 1 atom stereocenters. The SMILES string of the molecule is CCCC(CC(=O)N(CCC)C(=N)N)C(C)C. The van der Waals surface area contributed by atoms with Crippen molar-refractivity contribution in [3.8, 4) is 0 Å². The van der Waals surface area contributed by atoms with Crippen molar-refractivity contribution in [3.63, 3.8) is 0 Å². The zero-order valence-electron chi connectivity index (χ0n) is 11.6. The molecule has 0 aromatic rings. The van der Waals surface area contributed by atoms with Gasteiger partial charge in [0.15, 0.2) is 5.96 Å². The Balaban J connectivity index is 4.50. The van der Waals surface area contributed by atoms with Gasteiger partial charge in [0.25, 0.3) is 0 Å². The lowest BCUT2D eigenvalue weighted by atomic mass is 9.88. The van der Waals surface area contributed by atoms with Crippen LogP contribution in [0.4, 0.5) is 0 Å². The van der Waals surface area contributed by atoms with E-state index in [4.69, 9.17) is 11.1 Å². The van der Waals surface area contributed by atoms with Crippen LogP contribution in [-0.2, 0) is 4.79 Å². The van der Waals surface area contributed by atoms with Gasteiger partial charge in [-0.25, -0.2) is 0 Å². The lowest BCUT2D eigenvalue weighted by molar-refractivity contribution is -0.128. The topological polar surface area (TPSA) is 70.2 Å². The molecule has 4 nitrogen and oxygen atoms in total. The molecule has 0 aromatic carbocycles. The molecule has 1 unspecified atom stereocenters. The van der Waals surface area contributed by atoms with Gasteiger partial charge in [-0.15, -0.1) is 0 Å². The van der Waals surface area contributed by atoms with Gasteiger partial charge in [-0.2, -0.15) is 0 Å². The molecule has 0 aromatic heterocycles. The quantitative estimate of drug-likeness (QED) is 0.531. The van der Waals surface area contributed by atoms with Crippen LogP contribution >= 0.6 is 0 Å². The molecular weight excluding hydrogens is 214 g/mol. The molecule has 0 aliphatic heterocycles. The van der Waals surface area contributed by atoms with Crippen molar-refractivity contribution >= 4 is 11.9 Å². The minimum atomic E-state index is -0.129. The third-order valence-electron chi connectivity index (χ3n) is 3.08. The van der Waals surface area contributed by atoms with Gasteiger partial charge < -0.3 is 5.73 Å². The minimum absolute atomic E-state index is 0.00787. The summed E-state index contributed by atoms with van der Waals surface area (Å²) in [7, 11) is 0. The molecule has 0 radical (unpaired) electrons. The third-order valence-corrected chi connectivity index (χ3v) is 3.08. The molecule has 0 aliphatic carbocycles. The van der Waals surface area contributed by atoms with Gasteiger partial charge in [0.05, 0.1) is 0 Å². The van der Waals surface area contributed by atoms with E-state index in [0.29, 0.717) is 24.8 Å². The van der Waals surface area contributed by atoms with Gasteiger partial charge in [-0.1, -0.05) is 34.1 Å². The zero-order chi connectivity index (χ0) is 13.4. The number of nitrogens with zero attached hydrogens (tertiary/aromatic N) is 1. The van der Waals surface area contributed by atoms with Gasteiger partial charge in [0.1, 0.15) is 0 Å². The number of amides is 1. The number of rotatable bonds is 7. The summed E-state index contributed by atoms with van der Waals surface area (Å²) < 4.78 is 0. The van der Waals surface area contributed by atoms with Crippen LogP contribution in [-0.4, -0.2) is 23.3 Å². The average molecular weight is 241 g/mol. The van der Waals surface area contributed by atoms with E-state index in [9.17, 15) is 4.79 Å². The summed E-state index contributed by atoms with van der Waals surface area (Å²) in [6.45, 7) is 8.95. The van der Waals surface area contributed by atoms with Gasteiger partial charge in [0.2, 0.25) is 5.91 Å². The summed E-state index contributed by atoms with van der Waals surface area (Å²) in [5, 5.41) is 7.42. The van der Waals surface area contributed by atoms with Crippen molar-refractivity contribution in [1.82, 2.24) is 4.90 Å². The molecule has 0 bridgehead atoms. The van der Waals surface area contributed by atoms with Crippen LogP contribution in [0, 0.1) is 17.2 Å². The van der Waals surface area contributed by atoms with Crippen LogP contribution < -0.4 is 5.73 Å². The molecular formula is C13H27N3O. The van der Waals surface area contributed by atoms with Crippen LogP contribution in [0.1, 0.15) is 53.4 Å². The van der Waals surface area contributed by atoms with Crippen molar-refractivity contribution < 1.29 is 4.79 Å². The number of carbonyl (C=O) groups excluding carboxylic acids is 1. The van der Waals surface area contributed by atoms with E-state index < -0.39 is 0 Å². The van der Waals surface area contributed by atoms with Gasteiger partial charge in [-0.3, -0.25) is 15.1 Å². The van der Waals surface area contributed by atoms with Gasteiger partial charge >= 0.3 is 0 Å². The van der Waals surface area contributed by atoms with Crippen molar-refractivity contribution in [2.45, 2.75) is 53.4 Å². The average Bonchev–Trinajstić information content (AvgIpc) is 2.24. The van der Waals surface area contributed by atoms with Gasteiger partial charge in [-0.05, 0) is 24.7 Å². The molecule has 17 heavy (non-hydrogen) atoms. The lowest BCUT2D eigenvalue weighted by Crippen LogP contribution is -2.42. The van der Waals surface area contributed by atoms with E-state index in [2.05, 4.69) is 20.8 Å². The molecule has 0 heterocycles. The zero-order valence-corrected chi connectivity index (χ0v) is 11.6. The summed E-state index contributed by atoms with van der Waals surface area (Å²) in [5.41, 5.74) is 5.44. The minimum Gasteiger partial charge on any atom is -0.370 e. The Morgan fingerprint density at radius 1 is 1.29 bits per heavy atom. The molecule has 1 amide bonds. The fraction of sp³-hybridized carbons (Fsp3) is 0.846. The Morgan fingerprint density at radius 2 is 1.88 bits per heavy atom. The van der Waals surface area contributed by atoms with E-state index in [-0.39, 0.29) is 11.9 Å². The summed E-state index contributed by atoms with van der Waals surface area (Å²) in [6.07, 6.45) is 3.47. The first-order chi connectivity index (χ1) is 7.93. The number of hydrogen-bond acceptors (Lipinski definition) is 2. The number of hydrogen-bond donors (Lipinski definition) is 2. The summed E-state index contributed by atoms with van der Waals surface area (Å²) in [4.78, 5) is 13.5. The highest BCUT2D eigenvalue weighted by atomic mass is 16.2. The molecule has 0 saturated heterocycles. The number of carbonyl (C=O) groups is 1. The molecule has 0 rings (SSSR count). The maximum atomic E-state index is 12.1. The lowest BCUT2D eigenvalue weighted by Gasteiger charge is -2.25. The highest BCUT2D eigenvalue weighted by Gasteiger charge is 2.22. The smallest absolute Gasteiger partial charge is 0.229 e. The third kappa shape index (κ3) is 5.71. The van der Waals surface area contributed by atoms with Crippen LogP contribution in [0.15, 0.2) is 0 Å². The van der Waals surface area contributed by atoms with E-state index in [1.807, 2.05) is 6.92 Å². The van der Waals surface area contributed by atoms with Crippen molar-refractivity contribution in [3.05, 3.63) is 0 Å². The molecule has 0 spiro atoms. The summed E-state index contributed by atoms with van der Waals surface area (Å²) in [5.74, 6) is 0.753. The summed E-state index contributed by atoms with van der Waals surface area (Å²) >= 11 is 0. The molecule has 3 N–H and O–H groups in total. The first kappa shape index (κ1) is 15.9. The second kappa shape index (κ2) is 8.09. The first-order valence-electron chi connectivity index (χ1n) is 6.58. The number of guanidine groups is 1. The van der Waals surface area contributed by atoms with E-state index in [1.165, 1.54) is 4.90 Å². The van der Waals surface area contributed by atoms with E-state index >= 15 is 0 Å². The van der Waals surface area contributed by atoms with Crippen molar-refractivity contribution in [2.75, 3.05) is 6.54 Å². The van der Waals surface area contributed by atoms with Crippen molar-refractivity contribution in [1.29, 1.82) is 5.41 Å². The second-order valence-electron chi connectivity index (χ2n) is 4.93. The predicted octanol–water partition coefficient (Wildman–Crippen LogP) is 2.58. The Bertz CT molecular complexity index is 251. The largest absolute Gasteiger partial charge is 0.370 e. The van der Waals surface area contributed by atoms with E-state index in [0.717, 1.165) is 19.3 Å². The Hall–Kier alpha value is -1.06. The molecule has 0 aliphatic rings. The first-order valence-corrected chi connectivity index (χ1v) is 6.58. The van der Waals surface area contributed by atoms with Crippen LogP contribution in [0.2, 0.25) is 0 Å². The van der Waals surface area contributed by atoms with Crippen LogP contribution in [0.5, 0.6) is 0 Å². The van der Waals surface area contributed by atoms with Crippen molar-refractivity contribution in [2.24, 2.45) is 17.6 Å². The maximum Gasteiger partial charge on any atom is 0.229 e. The van der Waals surface area contributed by atoms with Crippen LogP contribution in [0.3, 0.4) is 0 Å².